The molecule has 0 saturated heterocycles. The van der Waals surface area contributed by atoms with Crippen molar-refractivity contribution in [3.05, 3.63) is 24.3 Å². The van der Waals surface area contributed by atoms with Gasteiger partial charge in [0.15, 0.2) is 0 Å². The highest BCUT2D eigenvalue weighted by Crippen LogP contribution is 2.18. The lowest BCUT2D eigenvalue weighted by atomic mass is 9.93. The first kappa shape index (κ1) is 14.4. The van der Waals surface area contributed by atoms with Gasteiger partial charge in [-0.05, 0) is 51.9 Å². The number of aliphatic hydroxyl groups is 1. The maximum Gasteiger partial charge on any atom is 0.0568 e. The van der Waals surface area contributed by atoms with Crippen molar-refractivity contribution in [2.24, 2.45) is 5.92 Å². The summed E-state index contributed by atoms with van der Waals surface area (Å²) >= 11 is 0. The van der Waals surface area contributed by atoms with Crippen LogP contribution in [0.5, 0.6) is 0 Å². The van der Waals surface area contributed by atoms with E-state index in [0.717, 1.165) is 37.7 Å². The van der Waals surface area contributed by atoms with E-state index in [1.54, 1.807) is 0 Å². The van der Waals surface area contributed by atoms with Crippen LogP contribution in [0.1, 0.15) is 52.9 Å². The monoisotopic (exact) mass is 210 g/mol. The van der Waals surface area contributed by atoms with E-state index in [4.69, 9.17) is 0 Å². The lowest BCUT2D eigenvalue weighted by Crippen LogP contribution is -2.17. The summed E-state index contributed by atoms with van der Waals surface area (Å²) in [6.07, 6.45) is 4.92. The molecule has 0 aromatic heterocycles. The van der Waals surface area contributed by atoms with Crippen LogP contribution in [0.15, 0.2) is 24.3 Å². The molecular formula is C14H26O. The van der Waals surface area contributed by atoms with E-state index >= 15 is 0 Å². The van der Waals surface area contributed by atoms with Crippen molar-refractivity contribution < 1.29 is 5.11 Å². The van der Waals surface area contributed by atoms with Crippen LogP contribution in [0, 0.1) is 5.92 Å². The van der Waals surface area contributed by atoms with Crippen LogP contribution in [-0.4, -0.2) is 11.2 Å². The summed E-state index contributed by atoms with van der Waals surface area (Å²) in [5, 5.41) is 9.87. The summed E-state index contributed by atoms with van der Waals surface area (Å²) in [7, 11) is 0. The lowest BCUT2D eigenvalue weighted by molar-refractivity contribution is 0.102. The molecule has 2 unspecified atom stereocenters. The van der Waals surface area contributed by atoms with Gasteiger partial charge in [0.05, 0.1) is 6.10 Å². The third kappa shape index (κ3) is 8.44. The van der Waals surface area contributed by atoms with E-state index in [1.807, 2.05) is 6.92 Å². The second-order valence-corrected chi connectivity index (χ2v) is 4.89. The SMILES string of the molecule is C=C(C)CCCC(C)C(O)CCC(=C)C. The van der Waals surface area contributed by atoms with Crippen molar-refractivity contribution in [3.63, 3.8) is 0 Å². The van der Waals surface area contributed by atoms with E-state index < -0.39 is 0 Å². The molecule has 0 heterocycles. The molecule has 0 aliphatic rings. The zero-order valence-electron chi connectivity index (χ0n) is 10.6. The lowest BCUT2D eigenvalue weighted by Gasteiger charge is -2.18. The molecule has 1 heteroatoms. The van der Waals surface area contributed by atoms with E-state index in [2.05, 4.69) is 27.0 Å². The van der Waals surface area contributed by atoms with Crippen molar-refractivity contribution in [1.29, 1.82) is 0 Å². The Morgan fingerprint density at radius 3 is 2.07 bits per heavy atom. The predicted octanol–water partition coefficient (Wildman–Crippen LogP) is 4.09. The predicted molar refractivity (Wildman–Crippen MR) is 67.9 cm³/mol. The van der Waals surface area contributed by atoms with Gasteiger partial charge in [-0.15, -0.1) is 13.2 Å². The molecule has 0 fully saturated rings. The van der Waals surface area contributed by atoms with Gasteiger partial charge in [-0.2, -0.15) is 0 Å². The van der Waals surface area contributed by atoms with Crippen LogP contribution >= 0.6 is 0 Å². The Balaban J connectivity index is 3.63. The fraction of sp³-hybridized carbons (Fsp3) is 0.714. The molecule has 2 atom stereocenters. The van der Waals surface area contributed by atoms with Crippen LogP contribution in [-0.2, 0) is 0 Å². The average molecular weight is 210 g/mol. The third-order valence-electron chi connectivity index (χ3n) is 2.79. The smallest absolute Gasteiger partial charge is 0.0568 e. The molecule has 0 amide bonds. The molecule has 0 bridgehead atoms. The Bertz CT molecular complexity index is 205. The molecular weight excluding hydrogens is 184 g/mol. The minimum Gasteiger partial charge on any atom is -0.393 e. The first-order chi connectivity index (χ1) is 6.93. The molecule has 0 aliphatic carbocycles. The molecule has 0 rings (SSSR count). The number of hydrogen-bond donors (Lipinski definition) is 1. The van der Waals surface area contributed by atoms with Crippen LogP contribution in [0.4, 0.5) is 0 Å². The molecule has 15 heavy (non-hydrogen) atoms. The Labute approximate surface area is 94.9 Å². The van der Waals surface area contributed by atoms with Gasteiger partial charge in [-0.1, -0.05) is 18.1 Å². The van der Waals surface area contributed by atoms with Crippen molar-refractivity contribution >= 4 is 0 Å². The second-order valence-electron chi connectivity index (χ2n) is 4.89. The van der Waals surface area contributed by atoms with E-state index in [9.17, 15) is 5.11 Å². The van der Waals surface area contributed by atoms with E-state index in [-0.39, 0.29) is 6.10 Å². The highest BCUT2D eigenvalue weighted by Gasteiger charge is 2.13. The molecule has 0 radical (unpaired) electrons. The summed E-state index contributed by atoms with van der Waals surface area (Å²) in [6.45, 7) is 13.9. The number of aliphatic hydroxyl groups excluding tert-OH is 1. The van der Waals surface area contributed by atoms with Gasteiger partial charge in [0, 0.05) is 0 Å². The van der Waals surface area contributed by atoms with Crippen LogP contribution in [0.2, 0.25) is 0 Å². The third-order valence-corrected chi connectivity index (χ3v) is 2.79. The Hall–Kier alpha value is -0.560. The van der Waals surface area contributed by atoms with Crippen LogP contribution < -0.4 is 0 Å². The summed E-state index contributed by atoms with van der Waals surface area (Å²) in [5.41, 5.74) is 2.39. The number of rotatable bonds is 8. The number of hydrogen-bond acceptors (Lipinski definition) is 1. The summed E-state index contributed by atoms with van der Waals surface area (Å²) in [5.74, 6) is 0.392. The fourth-order valence-electron chi connectivity index (χ4n) is 1.60. The van der Waals surface area contributed by atoms with Crippen molar-refractivity contribution in [2.45, 2.75) is 59.0 Å². The molecule has 0 aliphatic heterocycles. The molecule has 0 aromatic carbocycles. The maximum absolute atomic E-state index is 9.87. The highest BCUT2D eigenvalue weighted by atomic mass is 16.3. The van der Waals surface area contributed by atoms with E-state index in [0.29, 0.717) is 5.92 Å². The van der Waals surface area contributed by atoms with Gasteiger partial charge in [0.1, 0.15) is 0 Å². The Morgan fingerprint density at radius 1 is 1.07 bits per heavy atom. The fourth-order valence-corrected chi connectivity index (χ4v) is 1.60. The minimum absolute atomic E-state index is 0.174. The molecule has 88 valence electrons. The zero-order chi connectivity index (χ0) is 11.8. The first-order valence-electron chi connectivity index (χ1n) is 5.90. The molecule has 0 saturated carbocycles. The van der Waals surface area contributed by atoms with E-state index in [1.165, 1.54) is 5.57 Å². The molecule has 1 N–H and O–H groups in total. The van der Waals surface area contributed by atoms with Gasteiger partial charge in [-0.3, -0.25) is 0 Å². The largest absolute Gasteiger partial charge is 0.393 e. The Kier molecular flexibility index (Phi) is 7.41. The highest BCUT2D eigenvalue weighted by molar-refractivity contribution is 4.89. The Morgan fingerprint density at radius 2 is 1.60 bits per heavy atom. The van der Waals surface area contributed by atoms with Gasteiger partial charge in [0.25, 0.3) is 0 Å². The topological polar surface area (TPSA) is 20.2 Å². The van der Waals surface area contributed by atoms with Crippen LogP contribution in [0.3, 0.4) is 0 Å². The summed E-state index contributed by atoms with van der Waals surface area (Å²) < 4.78 is 0. The second kappa shape index (κ2) is 7.70. The molecule has 0 aromatic rings. The van der Waals surface area contributed by atoms with Crippen molar-refractivity contribution in [2.75, 3.05) is 0 Å². The standard InChI is InChI=1S/C14H26O/c1-11(2)7-6-8-13(5)14(15)10-9-12(3)4/h13-15H,1,3,6-10H2,2,4-5H3. The molecule has 1 nitrogen and oxygen atoms in total. The number of allylic oxidation sites excluding steroid dienone is 2. The first-order valence-corrected chi connectivity index (χ1v) is 5.90. The maximum atomic E-state index is 9.87. The minimum atomic E-state index is -0.174. The van der Waals surface area contributed by atoms with Crippen LogP contribution in [0.25, 0.3) is 0 Å². The summed E-state index contributed by atoms with van der Waals surface area (Å²) in [4.78, 5) is 0. The van der Waals surface area contributed by atoms with Crippen molar-refractivity contribution in [3.8, 4) is 0 Å². The zero-order valence-corrected chi connectivity index (χ0v) is 10.6. The average Bonchev–Trinajstić information content (AvgIpc) is 2.13. The summed E-state index contributed by atoms with van der Waals surface area (Å²) in [6, 6.07) is 0. The molecule has 0 spiro atoms. The quantitative estimate of drug-likeness (QED) is 0.598. The van der Waals surface area contributed by atoms with Gasteiger partial charge in [0.2, 0.25) is 0 Å². The van der Waals surface area contributed by atoms with Crippen molar-refractivity contribution in [1.82, 2.24) is 0 Å². The van der Waals surface area contributed by atoms with Gasteiger partial charge < -0.3 is 5.11 Å². The van der Waals surface area contributed by atoms with Gasteiger partial charge in [-0.25, -0.2) is 0 Å². The van der Waals surface area contributed by atoms with Gasteiger partial charge >= 0.3 is 0 Å². The normalized spacial score (nSPS) is 14.7.